The predicted molar refractivity (Wildman–Crippen MR) is 83.6 cm³/mol. The highest BCUT2D eigenvalue weighted by Crippen LogP contribution is 2.32. The fourth-order valence-electron chi connectivity index (χ4n) is 3.15. The molecule has 118 valence electrons. The van der Waals surface area contributed by atoms with Crippen molar-refractivity contribution in [3.63, 3.8) is 0 Å². The van der Waals surface area contributed by atoms with E-state index in [2.05, 4.69) is 0 Å². The lowest BCUT2D eigenvalue weighted by atomic mass is 10.1. The molecular formula is C15H24N2O3S. The molecule has 0 radical (unpaired) electrons. The normalized spacial score (nSPS) is 16.8. The SMILES string of the molecule is Cc1ccc(N)c(C)c1S(=O)(=O)N(CCO)C1CCCC1. The highest BCUT2D eigenvalue weighted by molar-refractivity contribution is 7.89. The van der Waals surface area contributed by atoms with E-state index in [4.69, 9.17) is 5.73 Å². The molecule has 1 saturated carbocycles. The Kier molecular flexibility index (Phi) is 4.91. The minimum atomic E-state index is -3.64. The first-order valence-corrected chi connectivity index (χ1v) is 8.82. The molecule has 0 saturated heterocycles. The van der Waals surface area contributed by atoms with Crippen molar-refractivity contribution in [1.82, 2.24) is 4.31 Å². The van der Waals surface area contributed by atoms with E-state index in [1.54, 1.807) is 26.0 Å². The van der Waals surface area contributed by atoms with Crippen molar-refractivity contribution in [2.75, 3.05) is 18.9 Å². The molecule has 3 N–H and O–H groups in total. The Morgan fingerprint density at radius 1 is 1.29 bits per heavy atom. The van der Waals surface area contributed by atoms with Crippen LogP contribution in [0.5, 0.6) is 0 Å². The van der Waals surface area contributed by atoms with Crippen LogP contribution in [-0.4, -0.2) is 37.0 Å². The van der Waals surface area contributed by atoms with Crippen LogP contribution in [0, 0.1) is 13.8 Å². The van der Waals surface area contributed by atoms with Crippen molar-refractivity contribution in [2.24, 2.45) is 0 Å². The van der Waals surface area contributed by atoms with Crippen molar-refractivity contribution in [1.29, 1.82) is 0 Å². The van der Waals surface area contributed by atoms with Crippen LogP contribution in [0.2, 0.25) is 0 Å². The molecule has 1 aromatic rings. The van der Waals surface area contributed by atoms with Crippen LogP contribution in [0.4, 0.5) is 5.69 Å². The van der Waals surface area contributed by atoms with Gasteiger partial charge in [0.1, 0.15) is 0 Å². The van der Waals surface area contributed by atoms with Crippen LogP contribution in [0.25, 0.3) is 0 Å². The lowest BCUT2D eigenvalue weighted by Crippen LogP contribution is -2.41. The van der Waals surface area contributed by atoms with Gasteiger partial charge in [-0.15, -0.1) is 0 Å². The lowest BCUT2D eigenvalue weighted by molar-refractivity contribution is 0.226. The zero-order chi connectivity index (χ0) is 15.6. The molecule has 0 aromatic heterocycles. The summed E-state index contributed by atoms with van der Waals surface area (Å²) < 4.78 is 27.6. The number of sulfonamides is 1. The number of hydrogen-bond donors (Lipinski definition) is 2. The van der Waals surface area contributed by atoms with Crippen molar-refractivity contribution in [2.45, 2.75) is 50.5 Å². The van der Waals surface area contributed by atoms with Crippen molar-refractivity contribution in [3.8, 4) is 0 Å². The minimum absolute atomic E-state index is 0.0117. The van der Waals surface area contributed by atoms with Gasteiger partial charge in [-0.25, -0.2) is 8.42 Å². The molecule has 1 aromatic carbocycles. The van der Waals surface area contributed by atoms with E-state index in [-0.39, 0.29) is 19.2 Å². The van der Waals surface area contributed by atoms with E-state index in [1.165, 1.54) is 4.31 Å². The summed E-state index contributed by atoms with van der Waals surface area (Å²) in [4.78, 5) is 0.294. The summed E-state index contributed by atoms with van der Waals surface area (Å²) in [5, 5.41) is 9.27. The maximum atomic E-state index is 13.1. The lowest BCUT2D eigenvalue weighted by Gasteiger charge is -2.29. The van der Waals surface area contributed by atoms with Crippen molar-refractivity contribution < 1.29 is 13.5 Å². The van der Waals surface area contributed by atoms with Crippen LogP contribution in [-0.2, 0) is 10.0 Å². The Morgan fingerprint density at radius 3 is 2.48 bits per heavy atom. The first kappa shape index (κ1) is 16.3. The van der Waals surface area contributed by atoms with E-state index < -0.39 is 10.0 Å². The number of aliphatic hydroxyl groups is 1. The van der Waals surface area contributed by atoms with E-state index in [0.717, 1.165) is 25.7 Å². The molecule has 0 amide bonds. The van der Waals surface area contributed by atoms with Gasteiger partial charge in [0.2, 0.25) is 10.0 Å². The Balaban J connectivity index is 2.50. The molecule has 0 atom stereocenters. The topological polar surface area (TPSA) is 83.6 Å². The molecule has 5 nitrogen and oxygen atoms in total. The summed E-state index contributed by atoms with van der Waals surface area (Å²) in [7, 11) is -3.64. The molecule has 2 rings (SSSR count). The molecule has 0 heterocycles. The van der Waals surface area contributed by atoms with Gasteiger partial charge in [-0.05, 0) is 43.9 Å². The van der Waals surface area contributed by atoms with Gasteiger partial charge in [-0.2, -0.15) is 4.31 Å². The third-order valence-corrected chi connectivity index (χ3v) is 6.51. The zero-order valence-corrected chi connectivity index (χ0v) is 13.5. The predicted octanol–water partition coefficient (Wildman–Crippen LogP) is 1.81. The van der Waals surface area contributed by atoms with E-state index in [0.29, 0.717) is 21.7 Å². The fourth-order valence-corrected chi connectivity index (χ4v) is 5.29. The van der Waals surface area contributed by atoms with Crippen LogP contribution < -0.4 is 5.73 Å². The zero-order valence-electron chi connectivity index (χ0n) is 12.7. The molecule has 1 fully saturated rings. The Labute approximate surface area is 126 Å². The first-order chi connectivity index (χ1) is 9.89. The maximum absolute atomic E-state index is 13.1. The third-order valence-electron chi connectivity index (χ3n) is 4.26. The van der Waals surface area contributed by atoms with E-state index in [1.807, 2.05) is 0 Å². The number of rotatable bonds is 5. The van der Waals surface area contributed by atoms with Gasteiger partial charge in [-0.3, -0.25) is 0 Å². The fraction of sp³-hybridized carbons (Fsp3) is 0.600. The molecule has 0 aliphatic heterocycles. The largest absolute Gasteiger partial charge is 0.398 e. The molecule has 0 spiro atoms. The number of anilines is 1. The molecule has 0 bridgehead atoms. The standard InChI is InChI=1S/C15H24N2O3S/c1-11-7-8-14(16)12(2)15(11)21(19,20)17(9-10-18)13-5-3-4-6-13/h7-8,13,18H,3-6,9-10,16H2,1-2H3. The smallest absolute Gasteiger partial charge is 0.244 e. The quantitative estimate of drug-likeness (QED) is 0.812. The Bertz CT molecular complexity index is 608. The van der Waals surface area contributed by atoms with Gasteiger partial charge in [0.15, 0.2) is 0 Å². The molecule has 1 aliphatic rings. The van der Waals surface area contributed by atoms with Crippen molar-refractivity contribution in [3.05, 3.63) is 23.3 Å². The highest BCUT2D eigenvalue weighted by atomic mass is 32.2. The van der Waals surface area contributed by atoms with Gasteiger partial charge in [-0.1, -0.05) is 18.9 Å². The second-order valence-corrected chi connectivity index (χ2v) is 7.53. The number of nitrogens with zero attached hydrogens (tertiary/aromatic N) is 1. The van der Waals surface area contributed by atoms with Gasteiger partial charge in [0.05, 0.1) is 11.5 Å². The van der Waals surface area contributed by atoms with Gasteiger partial charge in [0.25, 0.3) is 0 Å². The molecular weight excluding hydrogens is 288 g/mol. The Hall–Kier alpha value is -1.11. The molecule has 6 heteroatoms. The summed E-state index contributed by atoms with van der Waals surface area (Å²) in [6.45, 7) is 3.49. The highest BCUT2D eigenvalue weighted by Gasteiger charge is 2.34. The number of aliphatic hydroxyl groups excluding tert-OH is 1. The van der Waals surface area contributed by atoms with Gasteiger partial charge in [0, 0.05) is 18.3 Å². The Morgan fingerprint density at radius 2 is 1.90 bits per heavy atom. The summed E-state index contributed by atoms with van der Waals surface area (Å²) in [6, 6.07) is 3.46. The maximum Gasteiger partial charge on any atom is 0.244 e. The van der Waals surface area contributed by atoms with Crippen LogP contribution in [0.15, 0.2) is 17.0 Å². The number of aryl methyl sites for hydroxylation is 1. The van der Waals surface area contributed by atoms with Crippen LogP contribution in [0.1, 0.15) is 36.8 Å². The number of nitrogens with two attached hydrogens (primary N) is 1. The molecule has 21 heavy (non-hydrogen) atoms. The van der Waals surface area contributed by atoms with Crippen LogP contribution in [0.3, 0.4) is 0 Å². The summed E-state index contributed by atoms with van der Waals surface area (Å²) in [6.07, 6.45) is 3.80. The monoisotopic (exact) mass is 312 g/mol. The number of hydrogen-bond acceptors (Lipinski definition) is 4. The van der Waals surface area contributed by atoms with Crippen molar-refractivity contribution >= 4 is 15.7 Å². The van der Waals surface area contributed by atoms with Gasteiger partial charge < -0.3 is 10.8 Å². The minimum Gasteiger partial charge on any atom is -0.398 e. The van der Waals surface area contributed by atoms with E-state index >= 15 is 0 Å². The number of nitrogen functional groups attached to an aromatic ring is 1. The van der Waals surface area contributed by atoms with Crippen LogP contribution >= 0.6 is 0 Å². The molecule has 1 aliphatic carbocycles. The summed E-state index contributed by atoms with van der Waals surface area (Å²) in [5.41, 5.74) is 7.65. The average molecular weight is 312 g/mol. The molecule has 0 unspecified atom stereocenters. The average Bonchev–Trinajstić information content (AvgIpc) is 2.94. The summed E-state index contributed by atoms with van der Waals surface area (Å²) in [5.74, 6) is 0. The second kappa shape index (κ2) is 6.34. The second-order valence-electron chi connectivity index (χ2n) is 5.70. The number of benzene rings is 1. The van der Waals surface area contributed by atoms with Gasteiger partial charge >= 0.3 is 0 Å². The third kappa shape index (κ3) is 3.07. The summed E-state index contributed by atoms with van der Waals surface area (Å²) >= 11 is 0. The first-order valence-electron chi connectivity index (χ1n) is 7.38. The van der Waals surface area contributed by atoms with E-state index in [9.17, 15) is 13.5 Å².